The Balaban J connectivity index is 1.69. The first kappa shape index (κ1) is 17.5. The van der Waals surface area contributed by atoms with E-state index in [2.05, 4.69) is 10.3 Å². The van der Waals surface area contributed by atoms with Crippen molar-refractivity contribution in [2.24, 2.45) is 0 Å². The molecule has 2 aromatic rings. The van der Waals surface area contributed by atoms with E-state index >= 15 is 0 Å². The summed E-state index contributed by atoms with van der Waals surface area (Å²) in [5.74, 6) is -2.85. The van der Waals surface area contributed by atoms with Crippen LogP contribution < -0.4 is 5.32 Å². The summed E-state index contributed by atoms with van der Waals surface area (Å²) in [6.07, 6.45) is 5.71. The largest absolute Gasteiger partial charge is 0.350 e. The minimum atomic E-state index is -4.84. The standard InChI is InChI=1S/C16H17F2N3O3S/c17-16(18)25(23,24)13-4-2-1-3-12(13)15(22)20-8-10-21-9-7-19-14(21)11-5-6-11/h1-4,7,9,11,16H,5-6,8,10H2,(H,20,22). The number of halogens is 2. The van der Waals surface area contributed by atoms with Crippen LogP contribution in [0.3, 0.4) is 0 Å². The Kier molecular flexibility index (Phi) is 4.85. The number of aromatic nitrogens is 2. The summed E-state index contributed by atoms with van der Waals surface area (Å²) in [6, 6.07) is 4.97. The molecule has 1 aliphatic rings. The molecule has 25 heavy (non-hydrogen) atoms. The van der Waals surface area contributed by atoms with Crippen molar-refractivity contribution in [1.29, 1.82) is 0 Å². The maximum atomic E-state index is 12.8. The van der Waals surface area contributed by atoms with Crippen LogP contribution in [0, 0.1) is 0 Å². The van der Waals surface area contributed by atoms with Gasteiger partial charge in [0.1, 0.15) is 5.82 Å². The highest BCUT2D eigenvalue weighted by atomic mass is 32.2. The summed E-state index contributed by atoms with van der Waals surface area (Å²) >= 11 is 0. The maximum absolute atomic E-state index is 12.8. The minimum Gasteiger partial charge on any atom is -0.350 e. The van der Waals surface area contributed by atoms with Gasteiger partial charge in [0.15, 0.2) is 0 Å². The number of benzene rings is 1. The molecule has 9 heteroatoms. The minimum absolute atomic E-state index is 0.234. The first-order chi connectivity index (χ1) is 11.9. The average Bonchev–Trinajstić information content (AvgIpc) is 3.33. The molecule has 134 valence electrons. The number of rotatable bonds is 7. The second-order valence-corrected chi connectivity index (χ2v) is 7.70. The molecule has 0 radical (unpaired) electrons. The highest BCUT2D eigenvalue weighted by molar-refractivity contribution is 7.91. The molecule has 1 heterocycles. The Bertz CT molecular complexity index is 876. The van der Waals surface area contributed by atoms with Gasteiger partial charge >= 0.3 is 5.76 Å². The number of hydrogen-bond donors (Lipinski definition) is 1. The fraction of sp³-hybridized carbons (Fsp3) is 0.375. The van der Waals surface area contributed by atoms with Crippen molar-refractivity contribution in [3.8, 4) is 0 Å². The van der Waals surface area contributed by atoms with E-state index in [0.29, 0.717) is 12.5 Å². The van der Waals surface area contributed by atoms with Crippen LogP contribution in [0.2, 0.25) is 0 Å². The molecule has 0 saturated heterocycles. The number of nitrogens with one attached hydrogen (secondary N) is 1. The zero-order chi connectivity index (χ0) is 18.0. The van der Waals surface area contributed by atoms with Gasteiger partial charge in [-0.2, -0.15) is 8.78 Å². The Morgan fingerprint density at radius 3 is 2.72 bits per heavy atom. The summed E-state index contributed by atoms with van der Waals surface area (Å²) in [4.78, 5) is 15.9. The van der Waals surface area contributed by atoms with Crippen LogP contribution in [0.4, 0.5) is 8.78 Å². The van der Waals surface area contributed by atoms with E-state index in [1.807, 2.05) is 10.8 Å². The summed E-state index contributed by atoms with van der Waals surface area (Å²) in [5, 5.41) is 2.58. The SMILES string of the molecule is O=C(NCCn1ccnc1C1CC1)c1ccccc1S(=O)(=O)C(F)F. The Labute approximate surface area is 143 Å². The van der Waals surface area contributed by atoms with Gasteiger partial charge in [0, 0.05) is 31.4 Å². The number of amides is 1. The molecule has 1 saturated carbocycles. The van der Waals surface area contributed by atoms with Crippen molar-refractivity contribution in [2.45, 2.75) is 36.0 Å². The van der Waals surface area contributed by atoms with E-state index in [1.54, 1.807) is 6.20 Å². The van der Waals surface area contributed by atoms with Gasteiger partial charge in [0.25, 0.3) is 5.91 Å². The molecule has 1 aromatic heterocycles. The highest BCUT2D eigenvalue weighted by Crippen LogP contribution is 2.38. The molecule has 6 nitrogen and oxygen atoms in total. The summed E-state index contributed by atoms with van der Waals surface area (Å²) in [6.45, 7) is 0.708. The van der Waals surface area contributed by atoms with Crippen molar-refractivity contribution in [2.75, 3.05) is 6.54 Å². The lowest BCUT2D eigenvalue weighted by Crippen LogP contribution is -2.29. The highest BCUT2D eigenvalue weighted by Gasteiger charge is 2.31. The molecule has 1 N–H and O–H groups in total. The molecule has 0 bridgehead atoms. The number of hydrogen-bond acceptors (Lipinski definition) is 4. The van der Waals surface area contributed by atoms with Gasteiger partial charge < -0.3 is 9.88 Å². The topological polar surface area (TPSA) is 81.1 Å². The van der Waals surface area contributed by atoms with E-state index in [0.717, 1.165) is 24.7 Å². The Morgan fingerprint density at radius 1 is 1.32 bits per heavy atom. The third-order valence-electron chi connectivity index (χ3n) is 4.00. The fourth-order valence-corrected chi connectivity index (χ4v) is 3.52. The second-order valence-electron chi connectivity index (χ2n) is 5.81. The van der Waals surface area contributed by atoms with Crippen LogP contribution in [-0.2, 0) is 16.4 Å². The molecule has 0 aliphatic heterocycles. The van der Waals surface area contributed by atoms with Crippen molar-refractivity contribution in [3.05, 3.63) is 48.0 Å². The van der Waals surface area contributed by atoms with Crippen molar-refractivity contribution in [3.63, 3.8) is 0 Å². The van der Waals surface area contributed by atoms with E-state index in [4.69, 9.17) is 0 Å². The molecule has 1 aromatic carbocycles. The molecule has 1 fully saturated rings. The molecule has 1 amide bonds. The molecular formula is C16H17F2N3O3S. The van der Waals surface area contributed by atoms with Crippen LogP contribution in [0.5, 0.6) is 0 Å². The van der Waals surface area contributed by atoms with Gasteiger partial charge in [-0.25, -0.2) is 13.4 Å². The maximum Gasteiger partial charge on any atom is 0.341 e. The number of carbonyl (C=O) groups is 1. The van der Waals surface area contributed by atoms with E-state index in [-0.39, 0.29) is 12.1 Å². The molecule has 0 spiro atoms. The quantitative estimate of drug-likeness (QED) is 0.811. The van der Waals surface area contributed by atoms with Gasteiger partial charge in [-0.15, -0.1) is 0 Å². The second kappa shape index (κ2) is 6.91. The van der Waals surface area contributed by atoms with Crippen molar-refractivity contribution < 1.29 is 22.0 Å². The predicted octanol–water partition coefficient (Wildman–Crippen LogP) is 2.19. The third kappa shape index (κ3) is 3.71. The Morgan fingerprint density at radius 2 is 2.04 bits per heavy atom. The van der Waals surface area contributed by atoms with Crippen LogP contribution in [0.25, 0.3) is 0 Å². The number of sulfone groups is 1. The van der Waals surface area contributed by atoms with E-state index in [9.17, 15) is 22.0 Å². The van der Waals surface area contributed by atoms with Crippen LogP contribution >= 0.6 is 0 Å². The smallest absolute Gasteiger partial charge is 0.341 e. The zero-order valence-electron chi connectivity index (χ0n) is 13.2. The summed E-state index contributed by atoms with van der Waals surface area (Å²) in [7, 11) is -4.84. The van der Waals surface area contributed by atoms with Crippen LogP contribution in [0.1, 0.15) is 34.9 Å². The lowest BCUT2D eigenvalue weighted by molar-refractivity contribution is 0.0948. The normalized spacial score (nSPS) is 14.7. The van der Waals surface area contributed by atoms with Crippen LogP contribution in [-0.4, -0.2) is 36.2 Å². The first-order valence-electron chi connectivity index (χ1n) is 7.81. The summed E-state index contributed by atoms with van der Waals surface area (Å²) in [5.41, 5.74) is -0.282. The lowest BCUT2D eigenvalue weighted by Gasteiger charge is -2.11. The molecule has 1 aliphatic carbocycles. The van der Waals surface area contributed by atoms with Gasteiger partial charge in [0.2, 0.25) is 9.84 Å². The molecular weight excluding hydrogens is 352 g/mol. The summed E-state index contributed by atoms with van der Waals surface area (Å²) < 4.78 is 50.9. The van der Waals surface area contributed by atoms with Crippen molar-refractivity contribution in [1.82, 2.24) is 14.9 Å². The average molecular weight is 369 g/mol. The molecule has 0 atom stereocenters. The van der Waals surface area contributed by atoms with E-state index < -0.39 is 26.4 Å². The monoisotopic (exact) mass is 369 g/mol. The molecule has 0 unspecified atom stereocenters. The third-order valence-corrected chi connectivity index (χ3v) is 5.44. The van der Waals surface area contributed by atoms with Gasteiger partial charge in [0.05, 0.1) is 10.5 Å². The Hall–Kier alpha value is -2.29. The number of imidazole rings is 1. The van der Waals surface area contributed by atoms with E-state index in [1.165, 1.54) is 18.2 Å². The number of alkyl halides is 2. The van der Waals surface area contributed by atoms with Gasteiger partial charge in [-0.05, 0) is 25.0 Å². The van der Waals surface area contributed by atoms with Crippen molar-refractivity contribution >= 4 is 15.7 Å². The first-order valence-corrected chi connectivity index (χ1v) is 9.36. The predicted molar refractivity (Wildman–Crippen MR) is 86.2 cm³/mol. The van der Waals surface area contributed by atoms with Gasteiger partial charge in [-0.3, -0.25) is 4.79 Å². The zero-order valence-corrected chi connectivity index (χ0v) is 14.0. The fourth-order valence-electron chi connectivity index (χ4n) is 2.59. The van der Waals surface area contributed by atoms with Gasteiger partial charge in [-0.1, -0.05) is 12.1 Å². The number of nitrogens with zero attached hydrogens (tertiary/aromatic N) is 2. The lowest BCUT2D eigenvalue weighted by atomic mass is 10.2. The molecule has 3 rings (SSSR count). The van der Waals surface area contributed by atoms with Crippen LogP contribution in [0.15, 0.2) is 41.6 Å². The number of carbonyl (C=O) groups excluding carboxylic acids is 1.